The molecule has 0 aliphatic carbocycles. The lowest BCUT2D eigenvalue weighted by atomic mass is 10.4. The Bertz CT molecular complexity index is 823. The van der Waals surface area contributed by atoms with E-state index in [4.69, 9.17) is 25.6 Å². The second kappa shape index (κ2) is 11.0. The van der Waals surface area contributed by atoms with Crippen LogP contribution in [0.15, 0.2) is 24.8 Å². The van der Waals surface area contributed by atoms with Crippen LogP contribution in [0.2, 0.25) is 0 Å². The zero-order chi connectivity index (χ0) is 20.4. The molecule has 0 radical (unpaired) electrons. The molecule has 2 aromatic heterocycles. The summed E-state index contributed by atoms with van der Waals surface area (Å²) in [5, 5.41) is 15.6. The van der Waals surface area contributed by atoms with Crippen LogP contribution in [0.25, 0.3) is 11.2 Å². The lowest BCUT2D eigenvalue weighted by Gasteiger charge is -2.13. The minimum atomic E-state index is -2.96. The van der Waals surface area contributed by atoms with Crippen molar-refractivity contribution in [1.82, 2.24) is 19.5 Å². The molecule has 0 saturated heterocycles. The Morgan fingerprint density at radius 1 is 1.30 bits per heavy atom. The molecule has 13 nitrogen and oxygen atoms in total. The summed E-state index contributed by atoms with van der Waals surface area (Å²) < 4.78 is 21.8. The van der Waals surface area contributed by atoms with E-state index < -0.39 is 20.2 Å². The lowest BCUT2D eigenvalue weighted by molar-refractivity contribution is -0.134. The summed E-state index contributed by atoms with van der Waals surface area (Å²) in [7, 11) is -2.96. The number of aliphatic carboxylic acids is 2. The van der Waals surface area contributed by atoms with Gasteiger partial charge in [0.05, 0.1) is 19.0 Å². The van der Waals surface area contributed by atoms with Crippen molar-refractivity contribution in [3.8, 4) is 0 Å². The largest absolute Gasteiger partial charge is 0.478 e. The third-order valence-corrected chi connectivity index (χ3v) is 3.15. The van der Waals surface area contributed by atoms with Gasteiger partial charge < -0.3 is 30.1 Å². The average Bonchev–Trinajstić information content (AvgIpc) is 2.97. The first-order valence-corrected chi connectivity index (χ1v) is 8.49. The lowest BCUT2D eigenvalue weighted by Crippen LogP contribution is -2.17. The molecule has 0 aliphatic rings. The number of carboxylic acid groups (broad SMARTS) is 2. The number of anilines is 1. The van der Waals surface area contributed by atoms with E-state index in [1.807, 2.05) is 0 Å². The number of ether oxygens (including phenoxy) is 1. The first kappa shape index (κ1) is 22.2. The Balaban J connectivity index is 0.000000387. The topological polar surface area (TPSA) is 200 Å². The number of hydrogen-bond donors (Lipinski definition) is 4. The first-order valence-electron chi connectivity index (χ1n) is 7.23. The van der Waals surface area contributed by atoms with Gasteiger partial charge in [0.25, 0.3) is 0 Å². The summed E-state index contributed by atoms with van der Waals surface area (Å²) in [6, 6.07) is 0. The van der Waals surface area contributed by atoms with Crippen molar-refractivity contribution in [2.75, 3.05) is 12.5 Å². The molecular formula is C13H18N5O8P. The van der Waals surface area contributed by atoms with Crippen LogP contribution in [-0.4, -0.2) is 59.5 Å². The minimum Gasteiger partial charge on any atom is -0.478 e. The van der Waals surface area contributed by atoms with Gasteiger partial charge in [0.15, 0.2) is 18.3 Å². The molecule has 2 unspecified atom stereocenters. The van der Waals surface area contributed by atoms with Gasteiger partial charge in [0.2, 0.25) is 0 Å². The van der Waals surface area contributed by atoms with Crippen LogP contribution in [-0.2, 0) is 30.0 Å². The highest BCUT2D eigenvalue weighted by Crippen LogP contribution is 2.16. The zero-order valence-electron chi connectivity index (χ0n) is 14.1. The fourth-order valence-electron chi connectivity index (χ4n) is 1.71. The molecular weight excluding hydrogens is 385 g/mol. The molecule has 27 heavy (non-hydrogen) atoms. The Kier molecular flexibility index (Phi) is 9.02. The highest BCUT2D eigenvalue weighted by atomic mass is 31.1. The van der Waals surface area contributed by atoms with Crippen molar-refractivity contribution >= 4 is 37.2 Å². The number of carbonyl (C=O) groups is 2. The van der Waals surface area contributed by atoms with Crippen LogP contribution < -0.4 is 5.73 Å². The van der Waals surface area contributed by atoms with Gasteiger partial charge >= 0.3 is 20.2 Å². The van der Waals surface area contributed by atoms with E-state index in [-0.39, 0.29) is 12.9 Å². The summed E-state index contributed by atoms with van der Waals surface area (Å²) in [6.45, 7) is 2.02. The minimum absolute atomic E-state index is 0.237. The summed E-state index contributed by atoms with van der Waals surface area (Å²) >= 11 is 0. The van der Waals surface area contributed by atoms with Gasteiger partial charge in [-0.3, -0.25) is 9.09 Å². The molecule has 14 heteroatoms. The van der Waals surface area contributed by atoms with Crippen molar-refractivity contribution in [3.63, 3.8) is 0 Å². The van der Waals surface area contributed by atoms with Crippen molar-refractivity contribution in [2.45, 2.75) is 19.6 Å². The van der Waals surface area contributed by atoms with Gasteiger partial charge in [-0.2, -0.15) is 0 Å². The van der Waals surface area contributed by atoms with Gasteiger partial charge in [0, 0.05) is 12.2 Å². The number of nitrogens with two attached hydrogens (primary N) is 1. The molecule has 5 N–H and O–H groups in total. The Morgan fingerprint density at radius 2 is 1.93 bits per heavy atom. The van der Waals surface area contributed by atoms with Crippen LogP contribution in [0.1, 0.15) is 6.92 Å². The van der Waals surface area contributed by atoms with Gasteiger partial charge in [0.1, 0.15) is 11.8 Å². The molecule has 0 spiro atoms. The van der Waals surface area contributed by atoms with E-state index >= 15 is 0 Å². The molecule has 0 aliphatic heterocycles. The number of rotatable bonds is 8. The average molecular weight is 403 g/mol. The van der Waals surface area contributed by atoms with Gasteiger partial charge in [-0.15, -0.1) is 0 Å². The van der Waals surface area contributed by atoms with Gasteiger partial charge in [-0.1, -0.05) is 0 Å². The molecule has 2 atom stereocenters. The molecule has 148 valence electrons. The second-order valence-corrected chi connectivity index (χ2v) is 5.66. The van der Waals surface area contributed by atoms with Gasteiger partial charge in [-0.25, -0.2) is 24.5 Å². The normalized spacial score (nSPS) is 13.1. The molecule has 0 bridgehead atoms. The van der Waals surface area contributed by atoms with Gasteiger partial charge in [-0.05, 0) is 6.92 Å². The molecule has 0 aromatic carbocycles. The molecule has 0 saturated carbocycles. The molecule has 2 rings (SSSR count). The quantitative estimate of drug-likeness (QED) is 0.259. The molecule has 0 fully saturated rings. The number of nitrogen functional groups attached to an aromatic ring is 1. The van der Waals surface area contributed by atoms with Crippen molar-refractivity contribution in [1.29, 1.82) is 0 Å². The van der Waals surface area contributed by atoms with Crippen LogP contribution in [0, 0.1) is 0 Å². The molecule has 2 aromatic rings. The SMILES string of the molecule is CC(Cn1cnc2c(N)ncnc21)OCO[PH](=O)O.O=C(O)/C=C/C(=O)O. The van der Waals surface area contributed by atoms with E-state index in [2.05, 4.69) is 19.5 Å². The van der Waals surface area contributed by atoms with Crippen LogP contribution in [0.5, 0.6) is 0 Å². The summed E-state index contributed by atoms with van der Waals surface area (Å²) in [6.07, 6.45) is 3.83. The predicted molar refractivity (Wildman–Crippen MR) is 91.9 cm³/mol. The highest BCUT2D eigenvalue weighted by molar-refractivity contribution is 7.32. The fraction of sp³-hybridized carbons (Fsp3) is 0.308. The highest BCUT2D eigenvalue weighted by Gasteiger charge is 2.11. The Hall–Kier alpha value is -2.86. The maximum absolute atomic E-state index is 10.3. The summed E-state index contributed by atoms with van der Waals surface area (Å²) in [5.74, 6) is -2.20. The van der Waals surface area contributed by atoms with Crippen molar-refractivity contribution < 1.29 is 38.5 Å². The number of imidazole rings is 1. The third-order valence-electron chi connectivity index (χ3n) is 2.79. The maximum atomic E-state index is 10.3. The van der Waals surface area contributed by atoms with Crippen LogP contribution >= 0.6 is 8.25 Å². The monoisotopic (exact) mass is 403 g/mol. The zero-order valence-corrected chi connectivity index (χ0v) is 15.1. The fourth-order valence-corrected chi connectivity index (χ4v) is 1.87. The number of carboxylic acids is 2. The van der Waals surface area contributed by atoms with E-state index in [1.54, 1.807) is 17.8 Å². The molecule has 0 amide bonds. The van der Waals surface area contributed by atoms with E-state index in [1.165, 1.54) is 6.33 Å². The van der Waals surface area contributed by atoms with Crippen molar-refractivity contribution in [3.05, 3.63) is 24.8 Å². The Labute approximate surface area is 153 Å². The Morgan fingerprint density at radius 3 is 2.48 bits per heavy atom. The van der Waals surface area contributed by atoms with E-state index in [0.29, 0.717) is 35.7 Å². The maximum Gasteiger partial charge on any atom is 0.328 e. The smallest absolute Gasteiger partial charge is 0.328 e. The van der Waals surface area contributed by atoms with E-state index in [9.17, 15) is 14.2 Å². The third kappa shape index (κ3) is 8.37. The standard InChI is InChI=1S/C9H14N5O4P.C4H4O4/c1-6(17-5-18-19(15)16)2-14-4-13-7-8(10)11-3-12-9(7)14;5-3(6)1-2-4(7)8/h3-4,6,19H,2,5H2,1H3,(H,15,16)(H2,10,11,12);1-2H,(H,5,6)(H,7,8)/b;2-1+. The second-order valence-electron chi connectivity index (χ2n) is 4.84. The number of nitrogens with zero attached hydrogens (tertiary/aromatic N) is 4. The summed E-state index contributed by atoms with van der Waals surface area (Å²) in [5.41, 5.74) is 6.82. The molecule has 2 heterocycles. The number of aromatic nitrogens is 4. The van der Waals surface area contributed by atoms with E-state index in [0.717, 1.165) is 0 Å². The van der Waals surface area contributed by atoms with Crippen LogP contribution in [0.3, 0.4) is 0 Å². The first-order chi connectivity index (χ1) is 12.7. The summed E-state index contributed by atoms with van der Waals surface area (Å²) in [4.78, 5) is 39.7. The number of hydrogen-bond acceptors (Lipinski definition) is 9. The number of fused-ring (bicyclic) bond motifs is 1. The predicted octanol–water partition coefficient (Wildman–Crippen LogP) is -0.119. The van der Waals surface area contributed by atoms with Crippen molar-refractivity contribution in [2.24, 2.45) is 0 Å². The van der Waals surface area contributed by atoms with Crippen LogP contribution in [0.4, 0.5) is 5.82 Å².